The number of piperidine rings is 1. The molecule has 7 heteroatoms. The van der Waals surface area contributed by atoms with E-state index >= 15 is 0 Å². The number of rotatable bonds is 2. The SMILES string of the molecule is CNC(=O)c1cc2c(s1)[C@@H](N1CCCCC1=O)[C@H](O)C(C)(C)O2. The van der Waals surface area contributed by atoms with Crippen molar-refractivity contribution in [3.63, 3.8) is 0 Å². The second kappa shape index (κ2) is 5.79. The van der Waals surface area contributed by atoms with Crippen molar-refractivity contribution in [3.8, 4) is 5.75 Å². The number of amides is 2. The lowest BCUT2D eigenvalue weighted by Gasteiger charge is -2.46. The Morgan fingerprint density at radius 1 is 1.48 bits per heavy atom. The van der Waals surface area contributed by atoms with Crippen LogP contribution < -0.4 is 10.1 Å². The summed E-state index contributed by atoms with van der Waals surface area (Å²) in [5.41, 5.74) is -0.823. The van der Waals surface area contributed by atoms with Crippen LogP contribution in [0.1, 0.15) is 53.7 Å². The first-order chi connectivity index (χ1) is 10.8. The van der Waals surface area contributed by atoms with Crippen molar-refractivity contribution >= 4 is 23.2 Å². The quantitative estimate of drug-likeness (QED) is 0.860. The van der Waals surface area contributed by atoms with Crippen LogP contribution in [0.3, 0.4) is 0 Å². The number of aliphatic hydroxyl groups is 1. The van der Waals surface area contributed by atoms with Gasteiger partial charge < -0.3 is 20.1 Å². The van der Waals surface area contributed by atoms with Crippen LogP contribution in [0.4, 0.5) is 0 Å². The predicted octanol–water partition coefficient (Wildman–Crippen LogP) is 1.69. The predicted molar refractivity (Wildman–Crippen MR) is 86.7 cm³/mol. The van der Waals surface area contributed by atoms with E-state index < -0.39 is 17.7 Å². The maximum absolute atomic E-state index is 12.4. The average molecular weight is 338 g/mol. The maximum Gasteiger partial charge on any atom is 0.261 e. The van der Waals surface area contributed by atoms with E-state index in [0.29, 0.717) is 23.6 Å². The molecule has 6 nitrogen and oxygen atoms in total. The van der Waals surface area contributed by atoms with Gasteiger partial charge in [0.05, 0.1) is 15.8 Å². The van der Waals surface area contributed by atoms with Crippen LogP contribution in [0.15, 0.2) is 6.07 Å². The van der Waals surface area contributed by atoms with E-state index in [4.69, 9.17) is 4.74 Å². The summed E-state index contributed by atoms with van der Waals surface area (Å²) in [6.07, 6.45) is 1.49. The number of carbonyl (C=O) groups excluding carboxylic acids is 2. The van der Waals surface area contributed by atoms with E-state index in [1.807, 2.05) is 0 Å². The molecular weight excluding hydrogens is 316 g/mol. The third-order valence-electron chi connectivity index (χ3n) is 4.52. The molecule has 2 N–H and O–H groups in total. The lowest BCUT2D eigenvalue weighted by molar-refractivity contribution is -0.146. The van der Waals surface area contributed by atoms with Gasteiger partial charge in [0.1, 0.15) is 17.5 Å². The van der Waals surface area contributed by atoms with Crippen LogP contribution in [0.2, 0.25) is 0 Å². The number of carbonyl (C=O) groups is 2. The highest BCUT2D eigenvalue weighted by Gasteiger charge is 2.48. The Kier molecular flexibility index (Phi) is 4.10. The number of ether oxygens (including phenoxy) is 1. The number of thiophene rings is 1. The zero-order valence-corrected chi connectivity index (χ0v) is 14.4. The Bertz CT molecular complexity index is 640. The largest absolute Gasteiger partial charge is 0.484 e. The summed E-state index contributed by atoms with van der Waals surface area (Å²) in [6.45, 7) is 4.24. The van der Waals surface area contributed by atoms with Crippen molar-refractivity contribution in [1.82, 2.24) is 10.2 Å². The Morgan fingerprint density at radius 3 is 2.87 bits per heavy atom. The molecule has 0 aliphatic carbocycles. The number of nitrogens with one attached hydrogen (secondary N) is 1. The molecule has 0 aromatic carbocycles. The van der Waals surface area contributed by atoms with E-state index in [0.717, 1.165) is 17.7 Å². The Hall–Kier alpha value is -1.60. The van der Waals surface area contributed by atoms with E-state index in [1.165, 1.54) is 11.3 Å². The van der Waals surface area contributed by atoms with Gasteiger partial charge in [-0.05, 0) is 26.7 Å². The van der Waals surface area contributed by atoms with Gasteiger partial charge in [-0.3, -0.25) is 9.59 Å². The minimum Gasteiger partial charge on any atom is -0.484 e. The zero-order chi connectivity index (χ0) is 16.8. The van der Waals surface area contributed by atoms with Crippen molar-refractivity contribution in [3.05, 3.63) is 15.8 Å². The summed E-state index contributed by atoms with van der Waals surface area (Å²) >= 11 is 1.29. The second-order valence-electron chi connectivity index (χ2n) is 6.56. The summed E-state index contributed by atoms with van der Waals surface area (Å²) in [5, 5.41) is 13.4. The van der Waals surface area contributed by atoms with E-state index in [-0.39, 0.29) is 11.8 Å². The third kappa shape index (κ3) is 2.72. The van der Waals surface area contributed by atoms with Gasteiger partial charge >= 0.3 is 0 Å². The molecule has 0 spiro atoms. The molecule has 2 aliphatic rings. The molecule has 23 heavy (non-hydrogen) atoms. The van der Waals surface area contributed by atoms with Crippen LogP contribution in [-0.2, 0) is 4.79 Å². The van der Waals surface area contributed by atoms with Crippen molar-refractivity contribution in [2.24, 2.45) is 0 Å². The summed E-state index contributed by atoms with van der Waals surface area (Å²) < 4.78 is 5.91. The molecule has 1 aromatic heterocycles. The fraction of sp³-hybridized carbons (Fsp3) is 0.625. The first-order valence-corrected chi connectivity index (χ1v) is 8.69. The highest BCUT2D eigenvalue weighted by Crippen LogP contribution is 2.47. The Labute approximate surface area is 139 Å². The van der Waals surface area contributed by atoms with Crippen molar-refractivity contribution in [1.29, 1.82) is 0 Å². The first-order valence-electron chi connectivity index (χ1n) is 7.87. The van der Waals surface area contributed by atoms with Gasteiger partial charge in [0.2, 0.25) is 5.91 Å². The highest BCUT2D eigenvalue weighted by atomic mass is 32.1. The third-order valence-corrected chi connectivity index (χ3v) is 5.71. The summed E-state index contributed by atoms with van der Waals surface area (Å²) in [7, 11) is 1.58. The number of aliphatic hydroxyl groups excluding tert-OH is 1. The molecule has 3 heterocycles. The van der Waals surface area contributed by atoms with Gasteiger partial charge in [-0.2, -0.15) is 0 Å². The minimum atomic E-state index is -0.840. The molecule has 0 bridgehead atoms. The van der Waals surface area contributed by atoms with Gasteiger partial charge in [-0.15, -0.1) is 11.3 Å². The molecule has 1 fully saturated rings. The molecular formula is C16H22N2O4S. The summed E-state index contributed by atoms with van der Waals surface area (Å²) in [5.74, 6) is 0.454. The highest BCUT2D eigenvalue weighted by molar-refractivity contribution is 7.14. The smallest absolute Gasteiger partial charge is 0.261 e. The van der Waals surface area contributed by atoms with Crippen molar-refractivity contribution in [2.45, 2.75) is 50.9 Å². The average Bonchev–Trinajstić information content (AvgIpc) is 2.91. The van der Waals surface area contributed by atoms with E-state index in [2.05, 4.69) is 5.32 Å². The molecule has 1 saturated heterocycles. The van der Waals surface area contributed by atoms with Crippen LogP contribution in [0, 0.1) is 0 Å². The van der Waals surface area contributed by atoms with E-state index in [1.54, 1.807) is 31.9 Å². The number of fused-ring (bicyclic) bond motifs is 1. The monoisotopic (exact) mass is 338 g/mol. The standard InChI is InChI=1S/C16H22N2O4S/c1-16(2)14(20)12(18-7-5-4-6-11(18)19)13-9(22-16)8-10(23-13)15(21)17-3/h8,12,14,20H,4-7H2,1-3H3,(H,17,21)/t12-,14+/m1/s1. The number of nitrogens with zero attached hydrogens (tertiary/aromatic N) is 1. The van der Waals surface area contributed by atoms with Gasteiger partial charge in [-0.25, -0.2) is 0 Å². The number of hydrogen-bond donors (Lipinski definition) is 2. The number of likely N-dealkylation sites (tertiary alicyclic amines) is 1. The van der Waals surface area contributed by atoms with E-state index in [9.17, 15) is 14.7 Å². The van der Waals surface area contributed by atoms with Crippen LogP contribution in [0.5, 0.6) is 5.75 Å². The fourth-order valence-electron chi connectivity index (χ4n) is 3.21. The van der Waals surface area contributed by atoms with Gasteiger partial charge in [0.25, 0.3) is 5.91 Å². The first kappa shape index (κ1) is 16.3. The van der Waals surface area contributed by atoms with Gasteiger partial charge in [0, 0.05) is 26.1 Å². The molecule has 0 unspecified atom stereocenters. The van der Waals surface area contributed by atoms with Gasteiger partial charge in [-0.1, -0.05) is 0 Å². The zero-order valence-electron chi connectivity index (χ0n) is 13.6. The van der Waals surface area contributed by atoms with Crippen LogP contribution >= 0.6 is 11.3 Å². The molecule has 126 valence electrons. The number of hydrogen-bond acceptors (Lipinski definition) is 5. The lowest BCUT2D eigenvalue weighted by atomic mass is 9.88. The minimum absolute atomic E-state index is 0.0545. The molecule has 3 rings (SSSR count). The molecule has 2 amide bonds. The molecule has 0 radical (unpaired) electrons. The second-order valence-corrected chi connectivity index (χ2v) is 7.64. The summed E-state index contributed by atoms with van der Waals surface area (Å²) in [6, 6.07) is 1.25. The fourth-order valence-corrected chi connectivity index (χ4v) is 4.39. The molecule has 1 aromatic rings. The van der Waals surface area contributed by atoms with Crippen molar-refractivity contribution < 1.29 is 19.4 Å². The van der Waals surface area contributed by atoms with Crippen LogP contribution in [-0.4, -0.2) is 47.1 Å². The van der Waals surface area contributed by atoms with Gasteiger partial charge in [0.15, 0.2) is 0 Å². The molecule has 2 atom stereocenters. The Morgan fingerprint density at radius 2 is 2.22 bits per heavy atom. The molecule has 0 saturated carbocycles. The van der Waals surface area contributed by atoms with Crippen molar-refractivity contribution in [2.75, 3.05) is 13.6 Å². The summed E-state index contributed by atoms with van der Waals surface area (Å²) in [4.78, 5) is 27.3. The maximum atomic E-state index is 12.4. The van der Waals surface area contributed by atoms with Crippen LogP contribution in [0.25, 0.3) is 0 Å². The lowest BCUT2D eigenvalue weighted by Crippen LogP contribution is -2.55. The Balaban J connectivity index is 2.05. The normalized spacial score (nSPS) is 26.4. The topological polar surface area (TPSA) is 78.9 Å². The molecule has 2 aliphatic heterocycles.